The van der Waals surface area contributed by atoms with Gasteiger partial charge in [-0.05, 0) is 76.8 Å². The molecule has 0 aliphatic carbocycles. The van der Waals surface area contributed by atoms with E-state index < -0.39 is 5.60 Å². The second kappa shape index (κ2) is 10.2. The Bertz CT molecular complexity index is 768. The SMILES string of the molecule is COCCCC[C@@](O)(c1cc(C)ccc1Oc1ccc(C)cc1)[C@@H]1CCCNC1. The molecule has 2 aromatic carbocycles. The molecule has 0 radical (unpaired) electrons. The van der Waals surface area contributed by atoms with Gasteiger partial charge in [0.15, 0.2) is 0 Å². The van der Waals surface area contributed by atoms with Crippen molar-refractivity contribution in [1.29, 1.82) is 0 Å². The van der Waals surface area contributed by atoms with Gasteiger partial charge in [-0.1, -0.05) is 29.3 Å². The van der Waals surface area contributed by atoms with Crippen molar-refractivity contribution in [1.82, 2.24) is 5.32 Å². The highest BCUT2D eigenvalue weighted by Crippen LogP contribution is 2.43. The molecule has 3 rings (SSSR count). The molecule has 2 atom stereocenters. The monoisotopic (exact) mass is 397 g/mol. The minimum atomic E-state index is -0.923. The minimum Gasteiger partial charge on any atom is -0.457 e. The van der Waals surface area contributed by atoms with Gasteiger partial charge in [-0.15, -0.1) is 0 Å². The maximum atomic E-state index is 12.1. The van der Waals surface area contributed by atoms with Gasteiger partial charge in [0.2, 0.25) is 0 Å². The van der Waals surface area contributed by atoms with E-state index >= 15 is 0 Å². The highest BCUT2D eigenvalue weighted by molar-refractivity contribution is 5.44. The summed E-state index contributed by atoms with van der Waals surface area (Å²) in [6.07, 6.45) is 4.67. The molecule has 1 heterocycles. The van der Waals surface area contributed by atoms with E-state index in [1.54, 1.807) is 7.11 Å². The highest BCUT2D eigenvalue weighted by atomic mass is 16.5. The van der Waals surface area contributed by atoms with Gasteiger partial charge in [0.05, 0.1) is 5.60 Å². The zero-order valence-electron chi connectivity index (χ0n) is 18.0. The zero-order chi connectivity index (χ0) is 20.7. The van der Waals surface area contributed by atoms with Gasteiger partial charge < -0.3 is 19.9 Å². The Morgan fingerprint density at radius 3 is 2.52 bits per heavy atom. The summed E-state index contributed by atoms with van der Waals surface area (Å²) in [5.41, 5.74) is 2.32. The van der Waals surface area contributed by atoms with Crippen molar-refractivity contribution < 1.29 is 14.6 Å². The lowest BCUT2D eigenvalue weighted by Crippen LogP contribution is -2.44. The normalized spacial score (nSPS) is 19.0. The summed E-state index contributed by atoms with van der Waals surface area (Å²) < 4.78 is 11.5. The first-order valence-corrected chi connectivity index (χ1v) is 10.8. The standard InChI is InChI=1S/C25H35NO3/c1-19-8-11-22(12-9-19)29-24-13-10-20(2)17-23(24)25(27,14-4-5-16-28-3)21-7-6-15-26-18-21/h8-13,17,21,26-27H,4-7,14-16,18H2,1-3H3/t21-,25+/m1/s1. The summed E-state index contributed by atoms with van der Waals surface area (Å²) in [6.45, 7) is 6.72. The number of unbranched alkanes of at least 4 members (excludes halogenated alkanes) is 1. The fourth-order valence-corrected chi connectivity index (χ4v) is 4.26. The number of piperidine rings is 1. The molecular formula is C25H35NO3. The highest BCUT2D eigenvalue weighted by Gasteiger charge is 2.40. The topological polar surface area (TPSA) is 50.7 Å². The molecule has 0 saturated carbocycles. The minimum absolute atomic E-state index is 0.168. The zero-order valence-corrected chi connectivity index (χ0v) is 18.0. The van der Waals surface area contributed by atoms with Gasteiger partial charge in [0.1, 0.15) is 11.5 Å². The number of aryl methyl sites for hydroxylation is 2. The third-order valence-corrected chi connectivity index (χ3v) is 5.98. The molecule has 1 fully saturated rings. The number of ether oxygens (including phenoxy) is 2. The average molecular weight is 398 g/mol. The molecule has 4 nitrogen and oxygen atoms in total. The van der Waals surface area contributed by atoms with Gasteiger partial charge in [-0.3, -0.25) is 0 Å². The third-order valence-electron chi connectivity index (χ3n) is 5.98. The largest absolute Gasteiger partial charge is 0.457 e. The molecule has 0 bridgehead atoms. The third kappa shape index (κ3) is 5.59. The molecule has 1 aliphatic heterocycles. The van der Waals surface area contributed by atoms with E-state index in [2.05, 4.69) is 31.3 Å². The fourth-order valence-electron chi connectivity index (χ4n) is 4.26. The van der Waals surface area contributed by atoms with Crippen molar-refractivity contribution >= 4 is 0 Å². The number of nitrogens with one attached hydrogen (secondary N) is 1. The van der Waals surface area contributed by atoms with Crippen molar-refractivity contribution in [2.75, 3.05) is 26.8 Å². The number of aliphatic hydroxyl groups is 1. The van der Waals surface area contributed by atoms with Crippen molar-refractivity contribution in [2.24, 2.45) is 5.92 Å². The summed E-state index contributed by atoms with van der Waals surface area (Å²) in [6, 6.07) is 14.2. The van der Waals surface area contributed by atoms with Crippen LogP contribution in [0, 0.1) is 19.8 Å². The maximum Gasteiger partial charge on any atom is 0.133 e. The van der Waals surface area contributed by atoms with Crippen LogP contribution in [0.25, 0.3) is 0 Å². The summed E-state index contributed by atoms with van der Waals surface area (Å²) in [5, 5.41) is 15.5. The Morgan fingerprint density at radius 1 is 1.07 bits per heavy atom. The molecule has 1 saturated heterocycles. The molecule has 158 valence electrons. The molecule has 0 spiro atoms. The lowest BCUT2D eigenvalue weighted by Gasteiger charge is -2.40. The molecule has 0 unspecified atom stereocenters. The maximum absolute atomic E-state index is 12.1. The van der Waals surface area contributed by atoms with E-state index in [-0.39, 0.29) is 5.92 Å². The van der Waals surface area contributed by atoms with Crippen LogP contribution in [-0.4, -0.2) is 31.9 Å². The van der Waals surface area contributed by atoms with Gasteiger partial charge in [0.25, 0.3) is 0 Å². The quantitative estimate of drug-likeness (QED) is 0.578. The average Bonchev–Trinajstić information content (AvgIpc) is 2.74. The molecule has 1 aliphatic rings. The Labute approximate surface area is 175 Å². The first-order valence-electron chi connectivity index (χ1n) is 10.8. The molecule has 2 N–H and O–H groups in total. The lowest BCUT2D eigenvalue weighted by atomic mass is 9.74. The van der Waals surface area contributed by atoms with Crippen molar-refractivity contribution in [3.8, 4) is 11.5 Å². The van der Waals surface area contributed by atoms with Crippen LogP contribution < -0.4 is 10.1 Å². The van der Waals surface area contributed by atoms with Gasteiger partial charge in [0, 0.05) is 31.7 Å². The van der Waals surface area contributed by atoms with E-state index in [9.17, 15) is 5.11 Å². The van der Waals surface area contributed by atoms with Crippen molar-refractivity contribution in [2.45, 2.75) is 51.6 Å². The van der Waals surface area contributed by atoms with Crippen LogP contribution in [0.3, 0.4) is 0 Å². The summed E-state index contributed by atoms with van der Waals surface area (Å²) in [5.74, 6) is 1.71. The van der Waals surface area contributed by atoms with E-state index in [1.807, 2.05) is 30.3 Å². The van der Waals surface area contributed by atoms with Crippen LogP contribution in [-0.2, 0) is 10.3 Å². The Kier molecular flexibility index (Phi) is 7.70. The van der Waals surface area contributed by atoms with Crippen LogP contribution in [0.4, 0.5) is 0 Å². The van der Waals surface area contributed by atoms with Crippen molar-refractivity contribution in [3.63, 3.8) is 0 Å². The van der Waals surface area contributed by atoms with E-state index in [0.29, 0.717) is 6.42 Å². The Balaban J connectivity index is 1.94. The van der Waals surface area contributed by atoms with Gasteiger partial charge in [-0.25, -0.2) is 0 Å². The van der Waals surface area contributed by atoms with Crippen molar-refractivity contribution in [3.05, 3.63) is 59.2 Å². The van der Waals surface area contributed by atoms with Crippen LogP contribution in [0.15, 0.2) is 42.5 Å². The first kappa shape index (κ1) is 21.8. The Hall–Kier alpha value is -1.88. The van der Waals surface area contributed by atoms with E-state index in [0.717, 1.165) is 68.0 Å². The van der Waals surface area contributed by atoms with E-state index in [1.165, 1.54) is 5.56 Å². The molecule has 0 aromatic heterocycles. The number of methoxy groups -OCH3 is 1. The predicted molar refractivity (Wildman–Crippen MR) is 118 cm³/mol. The van der Waals surface area contributed by atoms with Crippen LogP contribution in [0.5, 0.6) is 11.5 Å². The fraction of sp³-hybridized carbons (Fsp3) is 0.520. The summed E-state index contributed by atoms with van der Waals surface area (Å²) >= 11 is 0. The first-order chi connectivity index (χ1) is 14.0. The summed E-state index contributed by atoms with van der Waals surface area (Å²) in [4.78, 5) is 0. The van der Waals surface area contributed by atoms with E-state index in [4.69, 9.17) is 9.47 Å². The smallest absolute Gasteiger partial charge is 0.133 e. The van der Waals surface area contributed by atoms with Gasteiger partial charge in [-0.2, -0.15) is 0 Å². The Morgan fingerprint density at radius 2 is 1.83 bits per heavy atom. The predicted octanol–water partition coefficient (Wildman–Crippen LogP) is 5.10. The number of benzene rings is 2. The van der Waals surface area contributed by atoms with Gasteiger partial charge >= 0.3 is 0 Å². The lowest BCUT2D eigenvalue weighted by molar-refractivity contribution is -0.0447. The molecule has 0 amide bonds. The second-order valence-corrected chi connectivity index (χ2v) is 8.33. The number of rotatable bonds is 9. The number of hydrogen-bond acceptors (Lipinski definition) is 4. The molecule has 2 aromatic rings. The summed E-state index contributed by atoms with van der Waals surface area (Å²) in [7, 11) is 1.73. The molecule has 29 heavy (non-hydrogen) atoms. The second-order valence-electron chi connectivity index (χ2n) is 8.33. The van der Waals surface area contributed by atoms with Crippen LogP contribution in [0.2, 0.25) is 0 Å². The molecule has 4 heteroatoms. The van der Waals surface area contributed by atoms with Crippen LogP contribution >= 0.6 is 0 Å². The van der Waals surface area contributed by atoms with Crippen LogP contribution in [0.1, 0.15) is 48.8 Å². The number of hydrogen-bond donors (Lipinski definition) is 2. The molecular weight excluding hydrogens is 362 g/mol.